The summed E-state index contributed by atoms with van der Waals surface area (Å²) < 4.78 is 0. The zero-order chi connectivity index (χ0) is 13.7. The van der Waals surface area contributed by atoms with Gasteiger partial charge in [0.05, 0.1) is 0 Å². The third-order valence-corrected chi connectivity index (χ3v) is 4.32. The van der Waals surface area contributed by atoms with Crippen LogP contribution in [-0.2, 0) is 0 Å². The van der Waals surface area contributed by atoms with E-state index < -0.39 is 0 Å². The van der Waals surface area contributed by atoms with Gasteiger partial charge in [0, 0.05) is 23.7 Å². The van der Waals surface area contributed by atoms with Crippen LogP contribution in [0.15, 0.2) is 24.3 Å². The Bertz CT molecular complexity index is 371. The largest absolute Gasteiger partial charge is 0.315 e. The topological polar surface area (TPSA) is 15.3 Å². The summed E-state index contributed by atoms with van der Waals surface area (Å²) in [7, 11) is 0. The van der Waals surface area contributed by atoms with E-state index in [4.69, 9.17) is 11.6 Å². The fourth-order valence-corrected chi connectivity index (χ4v) is 3.13. The highest BCUT2D eigenvalue weighted by atomic mass is 35.5. The molecule has 19 heavy (non-hydrogen) atoms. The van der Waals surface area contributed by atoms with E-state index in [1.54, 1.807) is 0 Å². The van der Waals surface area contributed by atoms with Crippen molar-refractivity contribution in [3.8, 4) is 0 Å². The lowest BCUT2D eigenvalue weighted by atomic mass is 10.00. The molecule has 2 unspecified atom stereocenters. The van der Waals surface area contributed by atoms with Crippen molar-refractivity contribution in [1.82, 2.24) is 10.2 Å². The Labute approximate surface area is 122 Å². The number of piperidine rings is 1. The molecule has 1 fully saturated rings. The fourth-order valence-electron chi connectivity index (χ4n) is 3.00. The highest BCUT2D eigenvalue weighted by molar-refractivity contribution is 6.30. The van der Waals surface area contributed by atoms with Crippen molar-refractivity contribution in [2.24, 2.45) is 0 Å². The molecule has 0 bridgehead atoms. The average molecular weight is 281 g/mol. The molecule has 1 aromatic rings. The van der Waals surface area contributed by atoms with Gasteiger partial charge in [0.15, 0.2) is 0 Å². The van der Waals surface area contributed by atoms with Gasteiger partial charge in [0.2, 0.25) is 0 Å². The second-order valence-electron chi connectivity index (χ2n) is 5.47. The molecule has 0 radical (unpaired) electrons. The lowest BCUT2D eigenvalue weighted by Gasteiger charge is -2.39. The molecule has 1 aliphatic heterocycles. The molecule has 1 aromatic carbocycles. The summed E-state index contributed by atoms with van der Waals surface area (Å²) in [6.45, 7) is 8.03. The van der Waals surface area contributed by atoms with Crippen molar-refractivity contribution in [2.45, 2.75) is 45.2 Å². The highest BCUT2D eigenvalue weighted by Crippen LogP contribution is 2.26. The summed E-state index contributed by atoms with van der Waals surface area (Å²) >= 11 is 5.98. The number of nitrogens with one attached hydrogen (secondary N) is 1. The molecule has 0 amide bonds. The number of nitrogens with zero attached hydrogens (tertiary/aromatic N) is 1. The number of hydrogen-bond acceptors (Lipinski definition) is 2. The number of benzene rings is 1. The zero-order valence-corrected chi connectivity index (χ0v) is 12.8. The predicted molar refractivity (Wildman–Crippen MR) is 82.8 cm³/mol. The van der Waals surface area contributed by atoms with Crippen LogP contribution in [0.2, 0.25) is 5.02 Å². The molecule has 1 N–H and O–H groups in total. The van der Waals surface area contributed by atoms with Crippen LogP contribution in [0.25, 0.3) is 0 Å². The molecule has 0 spiro atoms. The zero-order valence-electron chi connectivity index (χ0n) is 12.0. The van der Waals surface area contributed by atoms with Crippen LogP contribution in [0.3, 0.4) is 0 Å². The SMILES string of the molecule is CCCN(C1CCCNC1)C(C)c1ccc(Cl)cc1. The summed E-state index contributed by atoms with van der Waals surface area (Å²) in [4.78, 5) is 2.65. The number of rotatable bonds is 5. The minimum Gasteiger partial charge on any atom is -0.315 e. The van der Waals surface area contributed by atoms with Crippen molar-refractivity contribution < 1.29 is 0 Å². The van der Waals surface area contributed by atoms with E-state index in [-0.39, 0.29) is 0 Å². The van der Waals surface area contributed by atoms with Gasteiger partial charge in [0.25, 0.3) is 0 Å². The summed E-state index contributed by atoms with van der Waals surface area (Å²) in [5.41, 5.74) is 1.36. The van der Waals surface area contributed by atoms with Crippen molar-refractivity contribution in [2.75, 3.05) is 19.6 Å². The van der Waals surface area contributed by atoms with Gasteiger partial charge in [-0.25, -0.2) is 0 Å². The summed E-state index contributed by atoms with van der Waals surface area (Å²) in [6.07, 6.45) is 3.80. The van der Waals surface area contributed by atoms with E-state index in [0.29, 0.717) is 12.1 Å². The summed E-state index contributed by atoms with van der Waals surface area (Å²) in [5, 5.41) is 4.34. The molecule has 2 nitrogen and oxygen atoms in total. The molecule has 0 aromatic heterocycles. The quantitative estimate of drug-likeness (QED) is 0.881. The molecule has 2 atom stereocenters. The standard InChI is InChI=1S/C16H25ClN2/c1-3-11-19(16-5-4-10-18-12-16)13(2)14-6-8-15(17)9-7-14/h6-9,13,16,18H,3-5,10-12H2,1-2H3. The average Bonchev–Trinajstić information content (AvgIpc) is 2.46. The van der Waals surface area contributed by atoms with Crippen molar-refractivity contribution >= 4 is 11.6 Å². The number of hydrogen-bond donors (Lipinski definition) is 1. The first-order chi connectivity index (χ1) is 9.22. The van der Waals surface area contributed by atoms with Crippen LogP contribution in [0.5, 0.6) is 0 Å². The van der Waals surface area contributed by atoms with E-state index in [1.807, 2.05) is 12.1 Å². The smallest absolute Gasteiger partial charge is 0.0406 e. The third-order valence-electron chi connectivity index (χ3n) is 4.07. The normalized spacial score (nSPS) is 21.6. The van der Waals surface area contributed by atoms with Crippen molar-refractivity contribution in [3.63, 3.8) is 0 Å². The Morgan fingerprint density at radius 1 is 1.37 bits per heavy atom. The van der Waals surface area contributed by atoms with Crippen molar-refractivity contribution in [3.05, 3.63) is 34.9 Å². The lowest BCUT2D eigenvalue weighted by molar-refractivity contribution is 0.120. The van der Waals surface area contributed by atoms with Gasteiger partial charge in [-0.2, -0.15) is 0 Å². The van der Waals surface area contributed by atoms with Gasteiger partial charge in [-0.15, -0.1) is 0 Å². The van der Waals surface area contributed by atoms with Crippen molar-refractivity contribution in [1.29, 1.82) is 0 Å². The molecule has 1 heterocycles. The van der Waals surface area contributed by atoms with E-state index in [0.717, 1.165) is 18.1 Å². The van der Waals surface area contributed by atoms with E-state index in [2.05, 4.69) is 36.2 Å². The second-order valence-corrected chi connectivity index (χ2v) is 5.90. The fraction of sp³-hybridized carbons (Fsp3) is 0.625. The monoisotopic (exact) mass is 280 g/mol. The van der Waals surface area contributed by atoms with Gasteiger partial charge >= 0.3 is 0 Å². The Morgan fingerprint density at radius 3 is 2.68 bits per heavy atom. The van der Waals surface area contributed by atoms with Gasteiger partial charge in [-0.1, -0.05) is 30.7 Å². The third kappa shape index (κ3) is 3.95. The van der Waals surface area contributed by atoms with Gasteiger partial charge in [0.1, 0.15) is 0 Å². The van der Waals surface area contributed by atoms with E-state index in [9.17, 15) is 0 Å². The Balaban J connectivity index is 2.10. The van der Waals surface area contributed by atoms with Crippen LogP contribution in [0, 0.1) is 0 Å². The summed E-state index contributed by atoms with van der Waals surface area (Å²) in [5.74, 6) is 0. The Hall–Kier alpha value is -0.570. The van der Waals surface area contributed by atoms with Crippen LogP contribution < -0.4 is 5.32 Å². The van der Waals surface area contributed by atoms with Crippen LogP contribution in [-0.4, -0.2) is 30.6 Å². The number of halogens is 1. The van der Waals surface area contributed by atoms with E-state index >= 15 is 0 Å². The molecule has 3 heteroatoms. The minimum atomic E-state index is 0.460. The molecule has 2 rings (SSSR count). The lowest BCUT2D eigenvalue weighted by Crippen LogP contribution is -2.47. The van der Waals surface area contributed by atoms with Crippen LogP contribution in [0.4, 0.5) is 0 Å². The molecule has 0 aliphatic carbocycles. The maximum absolute atomic E-state index is 5.98. The molecular weight excluding hydrogens is 256 g/mol. The maximum Gasteiger partial charge on any atom is 0.0406 e. The predicted octanol–water partition coefficient (Wildman–Crippen LogP) is 3.87. The van der Waals surface area contributed by atoms with Crippen LogP contribution in [0.1, 0.15) is 44.7 Å². The first-order valence-corrected chi connectivity index (χ1v) is 7.82. The first-order valence-electron chi connectivity index (χ1n) is 7.44. The Kier molecular flexibility index (Phi) is 5.68. The van der Waals surface area contributed by atoms with Crippen LogP contribution >= 0.6 is 11.6 Å². The van der Waals surface area contributed by atoms with Gasteiger partial charge < -0.3 is 5.32 Å². The molecule has 0 saturated carbocycles. The molecule has 106 valence electrons. The maximum atomic E-state index is 5.98. The molecule has 1 saturated heterocycles. The van der Waals surface area contributed by atoms with Gasteiger partial charge in [-0.05, 0) is 57.0 Å². The summed E-state index contributed by atoms with van der Waals surface area (Å²) in [6, 6.07) is 9.44. The highest BCUT2D eigenvalue weighted by Gasteiger charge is 2.25. The van der Waals surface area contributed by atoms with Gasteiger partial charge in [-0.3, -0.25) is 4.90 Å². The minimum absolute atomic E-state index is 0.460. The Morgan fingerprint density at radius 2 is 2.11 bits per heavy atom. The molecular formula is C16H25ClN2. The first kappa shape index (κ1) is 14.8. The second kappa shape index (κ2) is 7.28. The van der Waals surface area contributed by atoms with E-state index in [1.165, 1.54) is 31.4 Å². The molecule has 1 aliphatic rings.